The van der Waals surface area contributed by atoms with Gasteiger partial charge in [-0.2, -0.15) is 0 Å². The standard InChI is InChI=1S/C14H21NO/c1-11(2)15-8-6-12-4-5-14(16-3)10-13(12)7-9-15/h4-5,10-11H,6-9H2,1-3H3. The van der Waals surface area contributed by atoms with Gasteiger partial charge in [0.1, 0.15) is 5.75 Å². The number of ether oxygens (including phenoxy) is 1. The number of hydrogen-bond acceptors (Lipinski definition) is 2. The molecule has 0 spiro atoms. The Hall–Kier alpha value is -1.02. The maximum Gasteiger partial charge on any atom is 0.119 e. The van der Waals surface area contributed by atoms with Gasteiger partial charge in [-0.3, -0.25) is 0 Å². The number of benzene rings is 1. The van der Waals surface area contributed by atoms with Gasteiger partial charge in [0.25, 0.3) is 0 Å². The Morgan fingerprint density at radius 1 is 1.12 bits per heavy atom. The fraction of sp³-hybridized carbons (Fsp3) is 0.571. The molecule has 0 unspecified atom stereocenters. The van der Waals surface area contributed by atoms with Crippen LogP contribution in [0.4, 0.5) is 0 Å². The first-order valence-electron chi connectivity index (χ1n) is 6.10. The highest BCUT2D eigenvalue weighted by molar-refractivity contribution is 5.36. The summed E-state index contributed by atoms with van der Waals surface area (Å²) in [5, 5.41) is 0. The van der Waals surface area contributed by atoms with E-state index in [2.05, 4.69) is 36.9 Å². The average molecular weight is 219 g/mol. The third-order valence-electron chi connectivity index (χ3n) is 3.48. The van der Waals surface area contributed by atoms with Gasteiger partial charge in [0.05, 0.1) is 7.11 Å². The van der Waals surface area contributed by atoms with E-state index in [0.29, 0.717) is 6.04 Å². The van der Waals surface area contributed by atoms with E-state index in [1.807, 2.05) is 0 Å². The third kappa shape index (κ3) is 2.38. The van der Waals surface area contributed by atoms with Crippen LogP contribution in [0, 0.1) is 0 Å². The highest BCUT2D eigenvalue weighted by Crippen LogP contribution is 2.22. The van der Waals surface area contributed by atoms with Crippen molar-refractivity contribution in [3.05, 3.63) is 29.3 Å². The molecule has 1 aliphatic heterocycles. The van der Waals surface area contributed by atoms with Gasteiger partial charge in [-0.25, -0.2) is 0 Å². The molecule has 2 rings (SSSR count). The Kier molecular flexibility index (Phi) is 3.49. The molecule has 0 N–H and O–H groups in total. The minimum atomic E-state index is 0.649. The SMILES string of the molecule is COc1ccc2c(c1)CCN(C(C)C)CC2. The van der Waals surface area contributed by atoms with Crippen LogP contribution in [0.15, 0.2) is 18.2 Å². The van der Waals surface area contributed by atoms with E-state index in [4.69, 9.17) is 4.74 Å². The van der Waals surface area contributed by atoms with Crippen LogP contribution in [0.3, 0.4) is 0 Å². The fourth-order valence-electron chi connectivity index (χ4n) is 2.36. The van der Waals surface area contributed by atoms with Crippen molar-refractivity contribution >= 4 is 0 Å². The second-order valence-corrected chi connectivity index (χ2v) is 4.76. The van der Waals surface area contributed by atoms with Crippen LogP contribution < -0.4 is 4.74 Å². The van der Waals surface area contributed by atoms with Crippen LogP contribution in [0.2, 0.25) is 0 Å². The Labute approximate surface area is 98.2 Å². The number of methoxy groups -OCH3 is 1. The van der Waals surface area contributed by atoms with Crippen LogP contribution in [-0.4, -0.2) is 31.1 Å². The average Bonchev–Trinajstić information content (AvgIpc) is 2.50. The molecule has 0 radical (unpaired) electrons. The lowest BCUT2D eigenvalue weighted by atomic mass is 10.0. The van der Waals surface area contributed by atoms with Crippen molar-refractivity contribution in [2.75, 3.05) is 20.2 Å². The Balaban J connectivity index is 2.17. The van der Waals surface area contributed by atoms with Gasteiger partial charge in [0.2, 0.25) is 0 Å². The molecule has 1 aromatic carbocycles. The van der Waals surface area contributed by atoms with Gasteiger partial charge in [-0.05, 0) is 49.9 Å². The van der Waals surface area contributed by atoms with Crippen LogP contribution in [0.25, 0.3) is 0 Å². The summed E-state index contributed by atoms with van der Waals surface area (Å²) >= 11 is 0. The molecule has 0 saturated carbocycles. The van der Waals surface area contributed by atoms with E-state index in [1.54, 1.807) is 7.11 Å². The molecule has 0 aromatic heterocycles. The molecule has 0 atom stereocenters. The van der Waals surface area contributed by atoms with Gasteiger partial charge < -0.3 is 9.64 Å². The van der Waals surface area contributed by atoms with Crippen molar-refractivity contribution in [2.24, 2.45) is 0 Å². The summed E-state index contributed by atoms with van der Waals surface area (Å²) in [5.74, 6) is 0.983. The molecule has 0 aliphatic carbocycles. The van der Waals surface area contributed by atoms with E-state index in [0.717, 1.165) is 25.1 Å². The highest BCUT2D eigenvalue weighted by Gasteiger charge is 2.16. The molecule has 1 aliphatic rings. The molecule has 1 aromatic rings. The van der Waals surface area contributed by atoms with Crippen LogP contribution in [0.1, 0.15) is 25.0 Å². The van der Waals surface area contributed by atoms with E-state index in [-0.39, 0.29) is 0 Å². The lowest BCUT2D eigenvalue weighted by Crippen LogP contribution is -2.32. The molecule has 0 fully saturated rings. The fourth-order valence-corrected chi connectivity index (χ4v) is 2.36. The summed E-state index contributed by atoms with van der Waals surface area (Å²) < 4.78 is 5.28. The summed E-state index contributed by atoms with van der Waals surface area (Å²) in [4.78, 5) is 2.55. The first-order chi connectivity index (χ1) is 7.70. The lowest BCUT2D eigenvalue weighted by molar-refractivity contribution is 0.233. The summed E-state index contributed by atoms with van der Waals surface area (Å²) in [6, 6.07) is 7.14. The number of nitrogens with zero attached hydrogens (tertiary/aromatic N) is 1. The predicted molar refractivity (Wildman–Crippen MR) is 67.1 cm³/mol. The number of hydrogen-bond donors (Lipinski definition) is 0. The molecule has 2 nitrogen and oxygen atoms in total. The molecular weight excluding hydrogens is 198 g/mol. The zero-order chi connectivity index (χ0) is 11.5. The molecule has 0 bridgehead atoms. The second kappa shape index (κ2) is 4.88. The molecule has 1 heterocycles. The van der Waals surface area contributed by atoms with Gasteiger partial charge in [0.15, 0.2) is 0 Å². The van der Waals surface area contributed by atoms with Gasteiger partial charge in [-0.15, -0.1) is 0 Å². The number of fused-ring (bicyclic) bond motifs is 1. The monoisotopic (exact) mass is 219 g/mol. The summed E-state index contributed by atoms with van der Waals surface area (Å²) in [6.45, 7) is 6.89. The van der Waals surface area contributed by atoms with Crippen molar-refractivity contribution in [1.82, 2.24) is 4.90 Å². The maximum absolute atomic E-state index is 5.28. The van der Waals surface area contributed by atoms with E-state index < -0.39 is 0 Å². The van der Waals surface area contributed by atoms with E-state index in [9.17, 15) is 0 Å². The minimum Gasteiger partial charge on any atom is -0.497 e. The molecule has 2 heteroatoms. The zero-order valence-electron chi connectivity index (χ0n) is 10.5. The van der Waals surface area contributed by atoms with E-state index in [1.165, 1.54) is 17.7 Å². The maximum atomic E-state index is 5.28. The van der Waals surface area contributed by atoms with Crippen molar-refractivity contribution in [2.45, 2.75) is 32.7 Å². The lowest BCUT2D eigenvalue weighted by Gasteiger charge is -2.23. The molecule has 0 saturated heterocycles. The summed E-state index contributed by atoms with van der Waals surface area (Å²) in [5.41, 5.74) is 2.95. The third-order valence-corrected chi connectivity index (χ3v) is 3.48. The Morgan fingerprint density at radius 3 is 2.44 bits per heavy atom. The van der Waals surface area contributed by atoms with Crippen LogP contribution in [-0.2, 0) is 12.8 Å². The molecular formula is C14H21NO. The molecule has 0 amide bonds. The van der Waals surface area contributed by atoms with Crippen LogP contribution in [0.5, 0.6) is 5.75 Å². The van der Waals surface area contributed by atoms with Gasteiger partial charge >= 0.3 is 0 Å². The first kappa shape index (κ1) is 11.5. The minimum absolute atomic E-state index is 0.649. The molecule has 16 heavy (non-hydrogen) atoms. The van der Waals surface area contributed by atoms with E-state index >= 15 is 0 Å². The predicted octanol–water partition coefficient (Wildman–Crippen LogP) is 2.50. The van der Waals surface area contributed by atoms with Crippen molar-refractivity contribution in [3.63, 3.8) is 0 Å². The number of rotatable bonds is 2. The van der Waals surface area contributed by atoms with Crippen LogP contribution >= 0.6 is 0 Å². The second-order valence-electron chi connectivity index (χ2n) is 4.76. The normalized spacial score (nSPS) is 17.0. The van der Waals surface area contributed by atoms with Crippen molar-refractivity contribution < 1.29 is 4.74 Å². The topological polar surface area (TPSA) is 12.5 Å². The Morgan fingerprint density at radius 2 is 1.81 bits per heavy atom. The largest absolute Gasteiger partial charge is 0.497 e. The highest BCUT2D eigenvalue weighted by atomic mass is 16.5. The smallest absolute Gasteiger partial charge is 0.119 e. The van der Waals surface area contributed by atoms with Gasteiger partial charge in [0, 0.05) is 19.1 Å². The summed E-state index contributed by atoms with van der Waals surface area (Å²) in [7, 11) is 1.73. The first-order valence-corrected chi connectivity index (χ1v) is 6.10. The summed E-state index contributed by atoms with van der Waals surface area (Å²) in [6.07, 6.45) is 2.31. The Bertz CT molecular complexity index is 360. The zero-order valence-corrected chi connectivity index (χ0v) is 10.5. The van der Waals surface area contributed by atoms with Crippen molar-refractivity contribution in [1.29, 1.82) is 0 Å². The van der Waals surface area contributed by atoms with Gasteiger partial charge in [-0.1, -0.05) is 6.07 Å². The molecule has 88 valence electrons. The van der Waals surface area contributed by atoms with Crippen molar-refractivity contribution in [3.8, 4) is 5.75 Å². The quantitative estimate of drug-likeness (QED) is 0.758.